The summed E-state index contributed by atoms with van der Waals surface area (Å²) in [7, 11) is 1.62. The van der Waals surface area contributed by atoms with E-state index in [2.05, 4.69) is 5.32 Å². The molecule has 72 valence electrons. The first-order chi connectivity index (χ1) is 5.52. The van der Waals surface area contributed by atoms with Crippen LogP contribution in [0.4, 0.5) is 0 Å². The van der Waals surface area contributed by atoms with E-state index in [1.165, 1.54) is 0 Å². The van der Waals surface area contributed by atoms with E-state index in [1.807, 2.05) is 13.8 Å². The van der Waals surface area contributed by atoms with Gasteiger partial charge in [0.1, 0.15) is 0 Å². The van der Waals surface area contributed by atoms with Gasteiger partial charge in [-0.3, -0.25) is 4.79 Å². The molecule has 0 aliphatic heterocycles. The van der Waals surface area contributed by atoms with Crippen LogP contribution in [0.3, 0.4) is 0 Å². The van der Waals surface area contributed by atoms with E-state index < -0.39 is 0 Å². The average Bonchev–Trinajstić information content (AvgIpc) is 2.02. The third-order valence-corrected chi connectivity index (χ3v) is 1.64. The summed E-state index contributed by atoms with van der Waals surface area (Å²) in [4.78, 5) is 11.0. The fourth-order valence-corrected chi connectivity index (χ4v) is 0.603. The van der Waals surface area contributed by atoms with Gasteiger partial charge in [0.2, 0.25) is 5.91 Å². The van der Waals surface area contributed by atoms with Crippen LogP contribution >= 0.6 is 0 Å². The highest BCUT2D eigenvalue weighted by Gasteiger charge is 2.16. The minimum Gasteiger partial charge on any atom is -0.377 e. The minimum absolute atomic E-state index is 0.0253. The number of amides is 1. The van der Waals surface area contributed by atoms with E-state index in [1.54, 1.807) is 7.11 Å². The molecule has 0 spiro atoms. The maximum absolute atomic E-state index is 11.0. The molecule has 0 saturated carbocycles. The Balaban J connectivity index is 3.60. The number of nitrogens with one attached hydrogen (secondary N) is 1. The molecular formula is C8H18N2O2. The molecule has 0 aromatic rings. The number of hydrogen-bond donors (Lipinski definition) is 2. The molecule has 0 bridgehead atoms. The summed E-state index contributed by atoms with van der Waals surface area (Å²) in [5.41, 5.74) is 4.91. The van der Waals surface area contributed by atoms with Crippen LogP contribution in [0.2, 0.25) is 0 Å². The molecule has 0 unspecified atom stereocenters. The van der Waals surface area contributed by atoms with Gasteiger partial charge in [-0.25, -0.2) is 0 Å². The van der Waals surface area contributed by atoms with Gasteiger partial charge in [-0.2, -0.15) is 0 Å². The van der Waals surface area contributed by atoms with E-state index in [0.29, 0.717) is 19.5 Å². The predicted octanol–water partition coefficient (Wildman–Crippen LogP) is -0.124. The van der Waals surface area contributed by atoms with Gasteiger partial charge in [0.25, 0.3) is 0 Å². The Kier molecular flexibility index (Phi) is 4.85. The van der Waals surface area contributed by atoms with Crippen LogP contribution in [0.25, 0.3) is 0 Å². The zero-order chi connectivity index (χ0) is 9.61. The van der Waals surface area contributed by atoms with E-state index in [0.717, 1.165) is 0 Å². The van der Waals surface area contributed by atoms with E-state index >= 15 is 0 Å². The van der Waals surface area contributed by atoms with Crippen LogP contribution in [0.15, 0.2) is 0 Å². The summed E-state index contributed by atoms with van der Waals surface area (Å²) in [6.45, 7) is 4.73. The molecule has 0 rings (SSSR count). The van der Waals surface area contributed by atoms with Gasteiger partial charge >= 0.3 is 0 Å². The van der Waals surface area contributed by atoms with Crippen LogP contribution in [0.5, 0.6) is 0 Å². The maximum Gasteiger partial charge on any atom is 0.221 e. The number of carbonyl (C=O) groups is 1. The molecule has 1 amide bonds. The van der Waals surface area contributed by atoms with Crippen molar-refractivity contribution in [1.29, 1.82) is 0 Å². The lowest BCUT2D eigenvalue weighted by Crippen LogP contribution is -2.40. The van der Waals surface area contributed by atoms with Crippen molar-refractivity contribution in [2.75, 3.05) is 20.2 Å². The van der Waals surface area contributed by atoms with Crippen molar-refractivity contribution in [3.05, 3.63) is 0 Å². The summed E-state index contributed by atoms with van der Waals surface area (Å²) >= 11 is 0. The van der Waals surface area contributed by atoms with Crippen molar-refractivity contribution >= 4 is 5.91 Å². The highest BCUT2D eigenvalue weighted by molar-refractivity contribution is 5.76. The van der Waals surface area contributed by atoms with Crippen molar-refractivity contribution < 1.29 is 9.53 Å². The topological polar surface area (TPSA) is 64.3 Å². The first kappa shape index (κ1) is 11.4. The molecule has 0 saturated heterocycles. The fraction of sp³-hybridized carbons (Fsp3) is 0.875. The van der Waals surface area contributed by atoms with Crippen LogP contribution in [0.1, 0.15) is 20.3 Å². The number of carbonyl (C=O) groups excluding carboxylic acids is 1. The third-order valence-electron chi connectivity index (χ3n) is 1.64. The SMILES string of the molecule is COC(C)(C)CNC(=O)CCN. The molecule has 0 fully saturated rings. The summed E-state index contributed by atoms with van der Waals surface area (Å²) < 4.78 is 5.12. The molecule has 0 heterocycles. The molecule has 0 atom stereocenters. The zero-order valence-electron chi connectivity index (χ0n) is 8.02. The molecule has 0 aliphatic rings. The van der Waals surface area contributed by atoms with E-state index in [9.17, 15) is 4.79 Å². The van der Waals surface area contributed by atoms with Crippen LogP contribution < -0.4 is 11.1 Å². The largest absolute Gasteiger partial charge is 0.377 e. The Bertz CT molecular complexity index is 146. The van der Waals surface area contributed by atoms with Crippen LogP contribution in [0, 0.1) is 0 Å². The molecular weight excluding hydrogens is 156 g/mol. The molecule has 4 heteroatoms. The molecule has 0 aliphatic carbocycles. The Hall–Kier alpha value is -0.610. The van der Waals surface area contributed by atoms with Gasteiger partial charge in [-0.15, -0.1) is 0 Å². The standard InChI is InChI=1S/C8H18N2O2/c1-8(2,12-3)6-10-7(11)4-5-9/h4-6,9H2,1-3H3,(H,10,11). The lowest BCUT2D eigenvalue weighted by molar-refractivity contribution is -0.122. The Morgan fingerprint density at radius 1 is 1.58 bits per heavy atom. The van der Waals surface area contributed by atoms with Crippen LogP contribution in [-0.4, -0.2) is 31.7 Å². The monoisotopic (exact) mass is 174 g/mol. The van der Waals surface area contributed by atoms with Gasteiger partial charge < -0.3 is 15.8 Å². The van der Waals surface area contributed by atoms with E-state index in [4.69, 9.17) is 10.5 Å². The fourth-order valence-electron chi connectivity index (χ4n) is 0.603. The van der Waals surface area contributed by atoms with Crippen molar-refractivity contribution in [1.82, 2.24) is 5.32 Å². The average molecular weight is 174 g/mol. The highest BCUT2D eigenvalue weighted by Crippen LogP contribution is 2.04. The van der Waals surface area contributed by atoms with Gasteiger partial charge in [0, 0.05) is 26.6 Å². The maximum atomic E-state index is 11.0. The van der Waals surface area contributed by atoms with Gasteiger partial charge in [0.15, 0.2) is 0 Å². The minimum atomic E-state index is -0.301. The smallest absolute Gasteiger partial charge is 0.221 e. The first-order valence-electron chi connectivity index (χ1n) is 4.04. The second kappa shape index (κ2) is 5.11. The van der Waals surface area contributed by atoms with Crippen molar-refractivity contribution in [2.24, 2.45) is 5.73 Å². The number of hydrogen-bond acceptors (Lipinski definition) is 3. The number of ether oxygens (including phenoxy) is 1. The summed E-state index contributed by atoms with van der Waals surface area (Å²) in [6.07, 6.45) is 0.375. The molecule has 3 N–H and O–H groups in total. The summed E-state index contributed by atoms with van der Waals surface area (Å²) in [5.74, 6) is -0.0253. The number of methoxy groups -OCH3 is 1. The molecule has 0 aromatic carbocycles. The lowest BCUT2D eigenvalue weighted by Gasteiger charge is -2.22. The summed E-state index contributed by atoms with van der Waals surface area (Å²) in [5, 5.41) is 2.73. The van der Waals surface area contributed by atoms with Gasteiger partial charge in [-0.05, 0) is 13.8 Å². The number of rotatable bonds is 5. The second-order valence-corrected chi connectivity index (χ2v) is 3.28. The van der Waals surface area contributed by atoms with Crippen LogP contribution in [-0.2, 0) is 9.53 Å². The van der Waals surface area contributed by atoms with E-state index in [-0.39, 0.29) is 11.5 Å². The van der Waals surface area contributed by atoms with Crippen molar-refractivity contribution in [3.8, 4) is 0 Å². The highest BCUT2D eigenvalue weighted by atomic mass is 16.5. The zero-order valence-corrected chi connectivity index (χ0v) is 8.02. The summed E-state index contributed by atoms with van der Waals surface area (Å²) in [6, 6.07) is 0. The Morgan fingerprint density at radius 2 is 2.17 bits per heavy atom. The van der Waals surface area contributed by atoms with Crippen molar-refractivity contribution in [2.45, 2.75) is 25.9 Å². The molecule has 12 heavy (non-hydrogen) atoms. The molecule has 0 aromatic heterocycles. The normalized spacial score (nSPS) is 11.3. The Morgan fingerprint density at radius 3 is 2.58 bits per heavy atom. The number of nitrogens with two attached hydrogens (primary N) is 1. The second-order valence-electron chi connectivity index (χ2n) is 3.28. The Labute approximate surface area is 73.5 Å². The molecule has 4 nitrogen and oxygen atoms in total. The van der Waals surface area contributed by atoms with Crippen molar-refractivity contribution in [3.63, 3.8) is 0 Å². The molecule has 0 radical (unpaired) electrons. The third kappa shape index (κ3) is 5.09. The quantitative estimate of drug-likeness (QED) is 0.610. The predicted molar refractivity (Wildman–Crippen MR) is 47.8 cm³/mol. The lowest BCUT2D eigenvalue weighted by atomic mass is 10.1. The first-order valence-corrected chi connectivity index (χ1v) is 4.04. The van der Waals surface area contributed by atoms with Gasteiger partial charge in [0.05, 0.1) is 5.60 Å². The van der Waals surface area contributed by atoms with Gasteiger partial charge in [-0.1, -0.05) is 0 Å².